The maximum absolute atomic E-state index is 2.46. The van der Waals surface area contributed by atoms with Gasteiger partial charge in [0.1, 0.15) is 0 Å². The number of para-hydroxylation sites is 1. The van der Waals surface area contributed by atoms with E-state index in [2.05, 4.69) is 156 Å². The fraction of sp³-hybridized carbons (Fsp3) is 0. The molecule has 0 saturated carbocycles. The SMILES string of the molecule is c1ccc(-n2c(-c3c4ccccc4cc4ccccc34)ccc2-c2c3ccccc3cc3ccccc23)cc1. The minimum Gasteiger partial charge on any atom is -0.309 e. The highest BCUT2D eigenvalue weighted by molar-refractivity contribution is 6.15. The Morgan fingerprint density at radius 3 is 1.03 bits per heavy atom. The minimum absolute atomic E-state index is 1.15. The van der Waals surface area contributed by atoms with E-state index in [-0.39, 0.29) is 0 Å². The van der Waals surface area contributed by atoms with E-state index in [0.717, 1.165) is 5.69 Å². The van der Waals surface area contributed by atoms with Crippen molar-refractivity contribution in [2.75, 3.05) is 0 Å². The molecule has 0 spiro atoms. The van der Waals surface area contributed by atoms with Crippen molar-refractivity contribution >= 4 is 43.1 Å². The molecule has 0 unspecified atom stereocenters. The fourth-order valence-electron chi connectivity index (χ4n) is 6.26. The second kappa shape index (κ2) is 8.72. The Morgan fingerprint density at radius 2 is 0.641 bits per heavy atom. The van der Waals surface area contributed by atoms with E-state index in [1.54, 1.807) is 0 Å². The van der Waals surface area contributed by atoms with Gasteiger partial charge in [0.2, 0.25) is 0 Å². The summed E-state index contributed by atoms with van der Waals surface area (Å²) in [6.07, 6.45) is 0. The van der Waals surface area contributed by atoms with Crippen molar-refractivity contribution in [1.29, 1.82) is 0 Å². The Bertz CT molecular complexity index is 1920. The van der Waals surface area contributed by atoms with Gasteiger partial charge in [0.05, 0.1) is 11.4 Å². The molecule has 1 heteroatoms. The lowest BCUT2D eigenvalue weighted by Crippen LogP contribution is -2.01. The molecule has 7 aromatic carbocycles. The molecule has 8 rings (SSSR count). The molecule has 0 atom stereocenters. The van der Waals surface area contributed by atoms with Crippen LogP contribution in [0.1, 0.15) is 0 Å². The zero-order valence-electron chi connectivity index (χ0n) is 21.4. The van der Waals surface area contributed by atoms with Gasteiger partial charge in [-0.2, -0.15) is 0 Å². The molecule has 182 valence electrons. The summed E-state index contributed by atoms with van der Waals surface area (Å²) in [6, 6.07) is 55.1. The lowest BCUT2D eigenvalue weighted by atomic mass is 9.94. The van der Waals surface area contributed by atoms with E-state index in [4.69, 9.17) is 0 Å². The zero-order valence-corrected chi connectivity index (χ0v) is 21.4. The topological polar surface area (TPSA) is 4.93 Å². The van der Waals surface area contributed by atoms with E-state index in [1.807, 2.05) is 0 Å². The summed E-state index contributed by atoms with van der Waals surface area (Å²) in [5, 5.41) is 10.1. The maximum atomic E-state index is 2.46. The highest BCUT2D eigenvalue weighted by atomic mass is 15.0. The summed E-state index contributed by atoms with van der Waals surface area (Å²) in [5.41, 5.74) is 6.08. The monoisotopic (exact) mass is 495 g/mol. The molecule has 0 aliphatic rings. The molecular formula is C38H25N. The molecule has 0 radical (unpaired) electrons. The Hall–Kier alpha value is -5.14. The molecule has 8 aromatic rings. The first-order valence-electron chi connectivity index (χ1n) is 13.5. The van der Waals surface area contributed by atoms with Crippen LogP contribution in [0.4, 0.5) is 0 Å². The molecule has 0 fully saturated rings. The molecule has 0 aliphatic heterocycles. The fourth-order valence-corrected chi connectivity index (χ4v) is 6.26. The molecule has 0 amide bonds. The first kappa shape index (κ1) is 21.9. The summed E-state index contributed by atoms with van der Waals surface area (Å²) >= 11 is 0. The molecule has 1 aromatic heterocycles. The van der Waals surface area contributed by atoms with Crippen molar-refractivity contribution in [2.45, 2.75) is 0 Å². The lowest BCUT2D eigenvalue weighted by Gasteiger charge is -2.19. The summed E-state index contributed by atoms with van der Waals surface area (Å²) in [6.45, 7) is 0. The highest BCUT2D eigenvalue weighted by Crippen LogP contribution is 2.43. The number of aromatic nitrogens is 1. The van der Waals surface area contributed by atoms with E-state index < -0.39 is 0 Å². The second-order valence-electron chi connectivity index (χ2n) is 10.2. The average Bonchev–Trinajstić information content (AvgIpc) is 3.43. The van der Waals surface area contributed by atoms with Crippen molar-refractivity contribution in [3.8, 4) is 28.2 Å². The van der Waals surface area contributed by atoms with Gasteiger partial charge in [0.25, 0.3) is 0 Å². The molecule has 1 heterocycles. The van der Waals surface area contributed by atoms with Gasteiger partial charge in [-0.05, 0) is 79.5 Å². The van der Waals surface area contributed by atoms with E-state index in [9.17, 15) is 0 Å². The molecule has 0 saturated heterocycles. The summed E-state index contributed by atoms with van der Waals surface area (Å²) < 4.78 is 2.46. The first-order valence-corrected chi connectivity index (χ1v) is 13.5. The molecule has 0 aliphatic carbocycles. The Kier molecular flexibility index (Phi) is 4.89. The molecule has 39 heavy (non-hydrogen) atoms. The van der Waals surface area contributed by atoms with Crippen molar-refractivity contribution in [2.24, 2.45) is 0 Å². The van der Waals surface area contributed by atoms with E-state index in [1.165, 1.54) is 65.6 Å². The van der Waals surface area contributed by atoms with Crippen LogP contribution in [0.25, 0.3) is 71.3 Å². The Labute approximate surface area is 227 Å². The maximum Gasteiger partial charge on any atom is 0.0547 e. The molecule has 0 bridgehead atoms. The minimum atomic E-state index is 1.15. The Balaban J connectivity index is 1.56. The predicted octanol–water partition coefficient (Wildman–Crippen LogP) is 10.4. The Morgan fingerprint density at radius 1 is 0.308 bits per heavy atom. The number of hydrogen-bond acceptors (Lipinski definition) is 0. The zero-order chi connectivity index (χ0) is 25.8. The summed E-state index contributed by atoms with van der Waals surface area (Å²) in [5.74, 6) is 0. The molecular weight excluding hydrogens is 470 g/mol. The quantitative estimate of drug-likeness (QED) is 0.215. The first-order chi connectivity index (χ1) is 19.4. The normalized spacial score (nSPS) is 11.6. The third kappa shape index (κ3) is 3.41. The third-order valence-corrected chi connectivity index (χ3v) is 7.95. The van der Waals surface area contributed by atoms with Crippen LogP contribution in [0.15, 0.2) is 152 Å². The summed E-state index contributed by atoms with van der Waals surface area (Å²) in [7, 11) is 0. The number of hydrogen-bond donors (Lipinski definition) is 0. The lowest BCUT2D eigenvalue weighted by molar-refractivity contribution is 1.10. The van der Waals surface area contributed by atoms with Gasteiger partial charge < -0.3 is 4.57 Å². The van der Waals surface area contributed by atoms with Crippen LogP contribution in [0.5, 0.6) is 0 Å². The van der Waals surface area contributed by atoms with Crippen LogP contribution < -0.4 is 0 Å². The predicted molar refractivity (Wildman–Crippen MR) is 167 cm³/mol. The van der Waals surface area contributed by atoms with Crippen LogP contribution in [-0.2, 0) is 0 Å². The van der Waals surface area contributed by atoms with Crippen molar-refractivity contribution < 1.29 is 0 Å². The van der Waals surface area contributed by atoms with E-state index in [0.29, 0.717) is 0 Å². The van der Waals surface area contributed by atoms with Crippen LogP contribution >= 0.6 is 0 Å². The van der Waals surface area contributed by atoms with Gasteiger partial charge in [0, 0.05) is 16.8 Å². The van der Waals surface area contributed by atoms with E-state index >= 15 is 0 Å². The van der Waals surface area contributed by atoms with Gasteiger partial charge in [-0.3, -0.25) is 0 Å². The van der Waals surface area contributed by atoms with Crippen LogP contribution in [-0.4, -0.2) is 4.57 Å². The highest BCUT2D eigenvalue weighted by Gasteiger charge is 2.20. The number of benzene rings is 7. The smallest absolute Gasteiger partial charge is 0.0547 e. The van der Waals surface area contributed by atoms with Gasteiger partial charge >= 0.3 is 0 Å². The standard InChI is InChI=1S/C38H25N/c1-2-16-30(17-3-1)39-35(37-31-18-8-4-12-26(31)24-27-13-5-9-19-32(27)37)22-23-36(39)38-33-20-10-6-14-28(33)25-29-15-7-11-21-34(29)38/h1-25H. The molecule has 1 nitrogen and oxygen atoms in total. The van der Waals surface area contributed by atoms with Gasteiger partial charge in [-0.15, -0.1) is 0 Å². The number of fused-ring (bicyclic) bond motifs is 4. The second-order valence-corrected chi connectivity index (χ2v) is 10.2. The molecule has 0 N–H and O–H groups in total. The van der Waals surface area contributed by atoms with Crippen LogP contribution in [0, 0.1) is 0 Å². The largest absolute Gasteiger partial charge is 0.309 e. The van der Waals surface area contributed by atoms with Crippen molar-refractivity contribution in [3.05, 3.63) is 152 Å². The third-order valence-electron chi connectivity index (χ3n) is 7.95. The van der Waals surface area contributed by atoms with Crippen molar-refractivity contribution in [1.82, 2.24) is 4.57 Å². The van der Waals surface area contributed by atoms with Crippen LogP contribution in [0.2, 0.25) is 0 Å². The number of nitrogens with zero attached hydrogens (tertiary/aromatic N) is 1. The number of rotatable bonds is 3. The van der Waals surface area contributed by atoms with Gasteiger partial charge in [0.15, 0.2) is 0 Å². The van der Waals surface area contributed by atoms with Gasteiger partial charge in [-0.1, -0.05) is 115 Å². The van der Waals surface area contributed by atoms with Crippen molar-refractivity contribution in [3.63, 3.8) is 0 Å². The summed E-state index contributed by atoms with van der Waals surface area (Å²) in [4.78, 5) is 0. The van der Waals surface area contributed by atoms with Crippen LogP contribution in [0.3, 0.4) is 0 Å². The van der Waals surface area contributed by atoms with Gasteiger partial charge in [-0.25, -0.2) is 0 Å². The average molecular weight is 496 g/mol.